The van der Waals surface area contributed by atoms with Crippen LogP contribution in [0.25, 0.3) is 0 Å². The fourth-order valence-corrected chi connectivity index (χ4v) is 2.77. The summed E-state index contributed by atoms with van der Waals surface area (Å²) in [5, 5.41) is 41.4. The predicted molar refractivity (Wildman–Crippen MR) is 110 cm³/mol. The van der Waals surface area contributed by atoms with Gasteiger partial charge in [0.1, 0.15) is 6.10 Å². The molecule has 0 aromatic carbocycles. The van der Waals surface area contributed by atoms with E-state index in [0.29, 0.717) is 6.42 Å². The van der Waals surface area contributed by atoms with Crippen LogP contribution in [-0.4, -0.2) is 57.1 Å². The van der Waals surface area contributed by atoms with Crippen LogP contribution in [0.1, 0.15) is 103 Å². The van der Waals surface area contributed by atoms with Crippen molar-refractivity contribution in [2.45, 2.75) is 115 Å². The van der Waals surface area contributed by atoms with Gasteiger partial charge in [-0.05, 0) is 6.42 Å². The minimum Gasteiger partial charge on any atom is -0.394 e. The Morgan fingerprint density at radius 3 is 1.36 bits per heavy atom. The molecule has 1 unspecified atom stereocenters. The molecule has 0 spiro atoms. The summed E-state index contributed by atoms with van der Waals surface area (Å²) in [5.74, 6) is -0.949. The number of hydrogen-bond donors (Lipinski definition) is 5. The SMILES string of the molecule is CCCCCCCCCCCCCCCCC(O)C(=O)OO.OCC(O)CO. The van der Waals surface area contributed by atoms with Crippen molar-refractivity contribution in [3.63, 3.8) is 0 Å². The third-order valence-electron chi connectivity index (χ3n) is 4.61. The molecule has 0 aliphatic carbocycles. The van der Waals surface area contributed by atoms with E-state index in [-0.39, 0.29) is 13.2 Å². The lowest BCUT2D eigenvalue weighted by atomic mass is 10.0. The highest BCUT2D eigenvalue weighted by Crippen LogP contribution is 2.13. The third-order valence-corrected chi connectivity index (χ3v) is 4.61. The molecule has 0 aliphatic rings. The minimum absolute atomic E-state index is 0.365. The molecule has 5 N–H and O–H groups in total. The number of rotatable bonds is 18. The second kappa shape index (κ2) is 24.3. The molecule has 0 aliphatic heterocycles. The van der Waals surface area contributed by atoms with Crippen LogP contribution >= 0.6 is 0 Å². The van der Waals surface area contributed by atoms with Gasteiger partial charge < -0.3 is 20.4 Å². The zero-order valence-corrected chi connectivity index (χ0v) is 17.7. The molecule has 28 heavy (non-hydrogen) atoms. The van der Waals surface area contributed by atoms with Crippen molar-refractivity contribution in [2.24, 2.45) is 0 Å². The van der Waals surface area contributed by atoms with Crippen LogP contribution in [0.5, 0.6) is 0 Å². The van der Waals surface area contributed by atoms with Crippen molar-refractivity contribution in [1.29, 1.82) is 0 Å². The van der Waals surface area contributed by atoms with E-state index in [1.54, 1.807) is 0 Å². The highest BCUT2D eigenvalue weighted by atomic mass is 17.1. The van der Waals surface area contributed by atoms with Gasteiger partial charge >= 0.3 is 5.97 Å². The summed E-state index contributed by atoms with van der Waals surface area (Å²) in [6.45, 7) is 1.53. The molecule has 0 radical (unpaired) electrons. The first-order valence-corrected chi connectivity index (χ1v) is 11.0. The van der Waals surface area contributed by atoms with Gasteiger partial charge in [0.15, 0.2) is 6.10 Å². The van der Waals surface area contributed by atoms with E-state index < -0.39 is 18.2 Å². The number of hydrogen-bond acceptors (Lipinski definition) is 7. The van der Waals surface area contributed by atoms with Crippen LogP contribution in [-0.2, 0) is 9.68 Å². The van der Waals surface area contributed by atoms with Gasteiger partial charge in [-0.25, -0.2) is 4.79 Å². The topological polar surface area (TPSA) is 127 Å². The summed E-state index contributed by atoms with van der Waals surface area (Å²) in [6.07, 6.45) is 16.1. The first-order valence-electron chi connectivity index (χ1n) is 11.0. The van der Waals surface area contributed by atoms with E-state index in [1.807, 2.05) is 0 Å². The van der Waals surface area contributed by atoms with Gasteiger partial charge in [0.05, 0.1) is 13.2 Å². The second-order valence-electron chi connectivity index (χ2n) is 7.33. The fraction of sp³-hybridized carbons (Fsp3) is 0.952. The molecule has 170 valence electrons. The molecule has 0 aromatic rings. The first kappa shape index (κ1) is 29.5. The van der Waals surface area contributed by atoms with Crippen molar-refractivity contribution in [3.05, 3.63) is 0 Å². The largest absolute Gasteiger partial charge is 0.394 e. The molecular formula is C21H44O7. The molecule has 0 saturated carbocycles. The van der Waals surface area contributed by atoms with E-state index in [1.165, 1.54) is 70.6 Å². The number of aliphatic hydroxyl groups is 4. The number of aliphatic hydroxyl groups excluding tert-OH is 4. The summed E-state index contributed by atoms with van der Waals surface area (Å²) in [4.78, 5) is 14.2. The Bertz CT molecular complexity index is 309. The second-order valence-corrected chi connectivity index (χ2v) is 7.33. The van der Waals surface area contributed by atoms with Crippen molar-refractivity contribution < 1.29 is 35.4 Å². The van der Waals surface area contributed by atoms with E-state index in [9.17, 15) is 9.90 Å². The molecule has 0 amide bonds. The Morgan fingerprint density at radius 1 is 0.714 bits per heavy atom. The number of carbonyl (C=O) groups excluding carboxylic acids is 1. The maximum absolute atomic E-state index is 10.8. The lowest BCUT2D eigenvalue weighted by Crippen LogP contribution is -2.21. The standard InChI is InChI=1S/C18H36O4.C3H8O3/c1-2-3-4-5-6-7-8-9-10-11-12-13-14-15-16-17(19)18(20)22-21;4-1-3(6)2-5/h17,19,21H,2-16H2,1H3;3-6H,1-2H2. The molecule has 0 fully saturated rings. The fourth-order valence-electron chi connectivity index (χ4n) is 2.77. The minimum atomic E-state index is -1.18. The van der Waals surface area contributed by atoms with Crippen LogP contribution in [0, 0.1) is 0 Å². The molecule has 0 bridgehead atoms. The molecule has 7 heteroatoms. The Balaban J connectivity index is 0. The summed E-state index contributed by atoms with van der Waals surface area (Å²) < 4.78 is 0. The van der Waals surface area contributed by atoms with Gasteiger partial charge in [0.2, 0.25) is 0 Å². The predicted octanol–water partition coefficient (Wildman–Crippen LogP) is 3.57. The van der Waals surface area contributed by atoms with Crippen molar-refractivity contribution in [2.75, 3.05) is 13.2 Å². The molecule has 0 heterocycles. The van der Waals surface area contributed by atoms with Gasteiger partial charge in [0, 0.05) is 0 Å². The molecule has 0 aromatic heterocycles. The Labute approximate surface area is 170 Å². The number of unbranched alkanes of at least 4 members (excludes halogenated alkanes) is 13. The summed E-state index contributed by atoms with van der Waals surface area (Å²) in [7, 11) is 0. The normalized spacial score (nSPS) is 11.8. The van der Waals surface area contributed by atoms with E-state index in [0.717, 1.165) is 19.3 Å². The smallest absolute Gasteiger partial charge is 0.370 e. The van der Waals surface area contributed by atoms with Gasteiger partial charge in [-0.1, -0.05) is 96.8 Å². The molecule has 0 saturated heterocycles. The third kappa shape index (κ3) is 23.3. The average molecular weight is 409 g/mol. The van der Waals surface area contributed by atoms with E-state index in [4.69, 9.17) is 20.6 Å². The van der Waals surface area contributed by atoms with Crippen LogP contribution in [0.3, 0.4) is 0 Å². The lowest BCUT2D eigenvalue weighted by Gasteiger charge is -2.06. The van der Waals surface area contributed by atoms with Gasteiger partial charge in [0.25, 0.3) is 0 Å². The monoisotopic (exact) mass is 408 g/mol. The van der Waals surface area contributed by atoms with Crippen LogP contribution in [0.15, 0.2) is 0 Å². The van der Waals surface area contributed by atoms with Crippen molar-refractivity contribution in [1.82, 2.24) is 0 Å². The highest BCUT2D eigenvalue weighted by molar-refractivity contribution is 5.73. The van der Waals surface area contributed by atoms with Gasteiger partial charge in [-0.2, -0.15) is 5.26 Å². The molecule has 7 nitrogen and oxygen atoms in total. The average Bonchev–Trinajstić information content (AvgIpc) is 2.72. The lowest BCUT2D eigenvalue weighted by molar-refractivity contribution is -0.242. The summed E-state index contributed by atoms with van der Waals surface area (Å²) in [6, 6.07) is 0. The zero-order valence-electron chi connectivity index (χ0n) is 17.7. The van der Waals surface area contributed by atoms with Crippen LogP contribution in [0.2, 0.25) is 0 Å². The maximum Gasteiger partial charge on any atom is 0.370 e. The van der Waals surface area contributed by atoms with E-state index in [2.05, 4.69) is 11.8 Å². The van der Waals surface area contributed by atoms with Gasteiger partial charge in [-0.3, -0.25) is 4.89 Å². The summed E-state index contributed by atoms with van der Waals surface area (Å²) >= 11 is 0. The number of carbonyl (C=O) groups is 1. The summed E-state index contributed by atoms with van der Waals surface area (Å²) in [5.41, 5.74) is 0. The van der Waals surface area contributed by atoms with E-state index >= 15 is 0 Å². The Kier molecular flexibility index (Phi) is 25.6. The van der Waals surface area contributed by atoms with Crippen molar-refractivity contribution >= 4 is 5.97 Å². The van der Waals surface area contributed by atoms with Crippen molar-refractivity contribution in [3.8, 4) is 0 Å². The highest BCUT2D eigenvalue weighted by Gasteiger charge is 2.15. The quantitative estimate of drug-likeness (QED) is 0.133. The van der Waals surface area contributed by atoms with Crippen LogP contribution < -0.4 is 0 Å². The first-order chi connectivity index (χ1) is 13.5. The Hall–Kier alpha value is -0.730. The zero-order chi connectivity index (χ0) is 21.5. The van der Waals surface area contributed by atoms with Gasteiger partial charge in [-0.15, -0.1) is 0 Å². The molecule has 0 rings (SSSR count). The molecular weight excluding hydrogens is 364 g/mol. The maximum atomic E-state index is 10.8. The van der Waals surface area contributed by atoms with Crippen LogP contribution in [0.4, 0.5) is 0 Å². The molecule has 1 atom stereocenters. The Morgan fingerprint density at radius 2 is 1.07 bits per heavy atom.